The maximum Gasteiger partial charge on any atom is 0.194 e. The number of benzene rings is 1. The fourth-order valence-corrected chi connectivity index (χ4v) is 2.21. The van der Waals surface area contributed by atoms with E-state index in [1.54, 1.807) is 12.1 Å². The van der Waals surface area contributed by atoms with Crippen molar-refractivity contribution in [2.75, 3.05) is 26.2 Å². The Bertz CT molecular complexity index is 408. The number of hydrogen-bond acceptors (Lipinski definition) is 3. The summed E-state index contributed by atoms with van der Waals surface area (Å²) in [6.07, 6.45) is -0.386. The highest BCUT2D eigenvalue weighted by molar-refractivity contribution is 6.34. The molecule has 1 aromatic carbocycles. The van der Waals surface area contributed by atoms with E-state index in [1.807, 2.05) is 12.1 Å². The molecular weight excluding hydrogens is 238 g/mol. The number of carbonyl (C=O) groups is 1. The molecule has 17 heavy (non-hydrogen) atoms. The summed E-state index contributed by atoms with van der Waals surface area (Å²) in [6, 6.07) is 7.12. The molecule has 1 aromatic rings. The molecule has 0 amide bonds. The summed E-state index contributed by atoms with van der Waals surface area (Å²) < 4.78 is 5.53. The summed E-state index contributed by atoms with van der Waals surface area (Å²) in [7, 11) is 0. The van der Waals surface area contributed by atoms with Gasteiger partial charge in [-0.15, -0.1) is 0 Å². The molecule has 1 unspecified atom stereocenters. The zero-order valence-corrected chi connectivity index (χ0v) is 10.6. The smallest absolute Gasteiger partial charge is 0.194 e. The van der Waals surface area contributed by atoms with Gasteiger partial charge in [-0.3, -0.25) is 9.69 Å². The van der Waals surface area contributed by atoms with Gasteiger partial charge in [0.15, 0.2) is 5.78 Å². The summed E-state index contributed by atoms with van der Waals surface area (Å²) in [5.74, 6) is -0.0197. The largest absolute Gasteiger partial charge is 0.367 e. The molecule has 0 bridgehead atoms. The first-order chi connectivity index (χ1) is 8.22. The van der Waals surface area contributed by atoms with Gasteiger partial charge in [-0.2, -0.15) is 0 Å². The summed E-state index contributed by atoms with van der Waals surface area (Å²) >= 11 is 6.02. The number of carbonyl (C=O) groups excluding carboxylic acids is 1. The van der Waals surface area contributed by atoms with Crippen LogP contribution in [0.1, 0.15) is 17.3 Å². The lowest BCUT2D eigenvalue weighted by Crippen LogP contribution is -2.45. The fourth-order valence-electron chi connectivity index (χ4n) is 1.98. The molecule has 1 fully saturated rings. The van der Waals surface area contributed by atoms with Gasteiger partial charge in [0.05, 0.1) is 11.6 Å². The molecule has 1 atom stereocenters. The Labute approximate surface area is 106 Å². The molecule has 1 saturated heterocycles. The Hall–Kier alpha value is -0.900. The second-order valence-electron chi connectivity index (χ2n) is 4.10. The molecule has 2 rings (SSSR count). The lowest BCUT2D eigenvalue weighted by Gasteiger charge is -2.31. The lowest BCUT2D eigenvalue weighted by atomic mass is 10.0. The minimum atomic E-state index is -0.386. The van der Waals surface area contributed by atoms with Crippen molar-refractivity contribution < 1.29 is 9.53 Å². The lowest BCUT2D eigenvalue weighted by molar-refractivity contribution is -0.0148. The van der Waals surface area contributed by atoms with E-state index in [4.69, 9.17) is 16.3 Å². The molecule has 0 aromatic heterocycles. The highest BCUT2D eigenvalue weighted by atomic mass is 35.5. The Morgan fingerprint density at radius 3 is 3.00 bits per heavy atom. The van der Waals surface area contributed by atoms with Gasteiger partial charge in [-0.25, -0.2) is 0 Å². The number of rotatable bonds is 3. The number of morpholine rings is 1. The molecule has 1 aliphatic heterocycles. The molecule has 1 aliphatic rings. The molecule has 0 spiro atoms. The van der Waals surface area contributed by atoms with Crippen LogP contribution in [0, 0.1) is 0 Å². The molecule has 0 radical (unpaired) electrons. The van der Waals surface area contributed by atoms with Gasteiger partial charge in [0.2, 0.25) is 0 Å². The van der Waals surface area contributed by atoms with Crippen LogP contribution in [0.3, 0.4) is 0 Å². The molecule has 1 heterocycles. The van der Waals surface area contributed by atoms with Crippen LogP contribution in [-0.2, 0) is 4.74 Å². The van der Waals surface area contributed by atoms with Crippen LogP contribution in [0.4, 0.5) is 0 Å². The van der Waals surface area contributed by atoms with Crippen LogP contribution in [0.5, 0.6) is 0 Å². The van der Waals surface area contributed by atoms with Gasteiger partial charge in [0.25, 0.3) is 0 Å². The fraction of sp³-hybridized carbons (Fsp3) is 0.462. The van der Waals surface area contributed by atoms with Crippen molar-refractivity contribution in [1.82, 2.24) is 4.90 Å². The van der Waals surface area contributed by atoms with Crippen molar-refractivity contribution in [2.24, 2.45) is 0 Å². The SMILES string of the molecule is CCN1CCOC(C(=O)c2ccccc2Cl)C1. The Kier molecular flexibility index (Phi) is 4.15. The number of ether oxygens (including phenoxy) is 1. The van der Waals surface area contributed by atoms with E-state index >= 15 is 0 Å². The van der Waals surface area contributed by atoms with E-state index in [2.05, 4.69) is 11.8 Å². The highest BCUT2D eigenvalue weighted by Crippen LogP contribution is 2.19. The molecule has 0 N–H and O–H groups in total. The van der Waals surface area contributed by atoms with Crippen molar-refractivity contribution in [3.05, 3.63) is 34.9 Å². The quantitative estimate of drug-likeness (QED) is 0.774. The predicted octanol–water partition coefficient (Wildman–Crippen LogP) is 2.24. The van der Waals surface area contributed by atoms with Crippen molar-refractivity contribution in [3.63, 3.8) is 0 Å². The monoisotopic (exact) mass is 253 g/mol. The zero-order chi connectivity index (χ0) is 12.3. The third-order valence-corrected chi connectivity index (χ3v) is 3.36. The number of likely N-dealkylation sites (N-methyl/N-ethyl adjacent to an activating group) is 1. The van der Waals surface area contributed by atoms with E-state index in [9.17, 15) is 4.79 Å². The Balaban J connectivity index is 2.12. The molecular formula is C13H16ClNO2. The van der Waals surface area contributed by atoms with Crippen LogP contribution in [0.25, 0.3) is 0 Å². The van der Waals surface area contributed by atoms with E-state index in [1.165, 1.54) is 0 Å². The van der Waals surface area contributed by atoms with E-state index in [-0.39, 0.29) is 11.9 Å². The first-order valence-electron chi connectivity index (χ1n) is 5.85. The Morgan fingerprint density at radius 1 is 1.53 bits per heavy atom. The van der Waals surface area contributed by atoms with Gasteiger partial charge in [-0.1, -0.05) is 30.7 Å². The summed E-state index contributed by atoms with van der Waals surface area (Å²) in [5, 5.41) is 0.495. The van der Waals surface area contributed by atoms with E-state index < -0.39 is 0 Å². The van der Waals surface area contributed by atoms with Crippen LogP contribution in [0.15, 0.2) is 24.3 Å². The average molecular weight is 254 g/mol. The topological polar surface area (TPSA) is 29.5 Å². The van der Waals surface area contributed by atoms with Crippen LogP contribution in [-0.4, -0.2) is 43.0 Å². The van der Waals surface area contributed by atoms with Gasteiger partial charge in [0.1, 0.15) is 6.10 Å². The van der Waals surface area contributed by atoms with E-state index in [0.717, 1.165) is 13.1 Å². The number of ketones is 1. The second-order valence-corrected chi connectivity index (χ2v) is 4.50. The van der Waals surface area contributed by atoms with Crippen LogP contribution >= 0.6 is 11.6 Å². The second kappa shape index (κ2) is 5.63. The van der Waals surface area contributed by atoms with Gasteiger partial charge in [0, 0.05) is 18.7 Å². The molecule has 92 valence electrons. The first kappa shape index (κ1) is 12.6. The van der Waals surface area contributed by atoms with Crippen LogP contribution in [0.2, 0.25) is 5.02 Å². The van der Waals surface area contributed by atoms with Crippen molar-refractivity contribution >= 4 is 17.4 Å². The average Bonchev–Trinajstić information content (AvgIpc) is 2.38. The molecule has 0 saturated carbocycles. The van der Waals surface area contributed by atoms with Crippen molar-refractivity contribution in [2.45, 2.75) is 13.0 Å². The molecule has 4 heteroatoms. The minimum absolute atomic E-state index is 0.0197. The Morgan fingerprint density at radius 2 is 2.29 bits per heavy atom. The number of hydrogen-bond donors (Lipinski definition) is 0. The van der Waals surface area contributed by atoms with Gasteiger partial charge >= 0.3 is 0 Å². The third-order valence-electron chi connectivity index (χ3n) is 3.03. The minimum Gasteiger partial charge on any atom is -0.367 e. The highest BCUT2D eigenvalue weighted by Gasteiger charge is 2.27. The third kappa shape index (κ3) is 2.86. The van der Waals surface area contributed by atoms with Crippen molar-refractivity contribution in [1.29, 1.82) is 0 Å². The predicted molar refractivity (Wildman–Crippen MR) is 67.6 cm³/mol. The van der Waals surface area contributed by atoms with Gasteiger partial charge in [-0.05, 0) is 18.7 Å². The van der Waals surface area contributed by atoms with Crippen molar-refractivity contribution in [3.8, 4) is 0 Å². The first-order valence-corrected chi connectivity index (χ1v) is 6.23. The summed E-state index contributed by atoms with van der Waals surface area (Å²) in [6.45, 7) is 5.18. The van der Waals surface area contributed by atoms with Crippen LogP contribution < -0.4 is 0 Å². The maximum atomic E-state index is 12.2. The summed E-state index contributed by atoms with van der Waals surface area (Å²) in [4.78, 5) is 14.5. The number of nitrogens with zero attached hydrogens (tertiary/aromatic N) is 1. The normalized spacial score (nSPS) is 21.4. The van der Waals surface area contributed by atoms with E-state index in [0.29, 0.717) is 23.7 Å². The van der Waals surface area contributed by atoms with Gasteiger partial charge < -0.3 is 4.74 Å². The maximum absolute atomic E-state index is 12.2. The zero-order valence-electron chi connectivity index (χ0n) is 9.86. The molecule has 3 nitrogen and oxygen atoms in total. The number of Topliss-reactive ketones (excluding diaryl/α,β-unsaturated/α-hetero) is 1. The standard InChI is InChI=1S/C13H16ClNO2/c1-2-15-7-8-17-12(9-15)13(16)10-5-3-4-6-11(10)14/h3-6,12H,2,7-9H2,1H3. The number of halogens is 1. The molecule has 0 aliphatic carbocycles. The summed E-state index contributed by atoms with van der Waals surface area (Å²) in [5.41, 5.74) is 0.553.